The lowest BCUT2D eigenvalue weighted by molar-refractivity contribution is -0.118. The van der Waals surface area contributed by atoms with Crippen LogP contribution in [-0.2, 0) is 4.79 Å². The molecule has 0 bridgehead atoms. The molecule has 0 aliphatic carbocycles. The molecule has 140 valence electrons. The van der Waals surface area contributed by atoms with Gasteiger partial charge in [0, 0.05) is 10.7 Å². The number of halogens is 1. The number of carbonyl (C=O) groups is 2. The summed E-state index contributed by atoms with van der Waals surface area (Å²) in [5.74, 6) is -1.52. The van der Waals surface area contributed by atoms with Crippen molar-refractivity contribution in [2.24, 2.45) is 0 Å². The highest BCUT2D eigenvalue weighted by molar-refractivity contribution is 7.20. The number of carboxylic acids is 1. The second-order valence-electron chi connectivity index (χ2n) is 6.13. The summed E-state index contributed by atoms with van der Waals surface area (Å²) in [6.45, 7) is 4.99. The van der Waals surface area contributed by atoms with Gasteiger partial charge in [0.2, 0.25) is 5.91 Å². The highest BCUT2D eigenvalue weighted by atomic mass is 35.5. The predicted octanol–water partition coefficient (Wildman–Crippen LogP) is 3.63. The molecule has 1 amide bonds. The maximum atomic E-state index is 12.8. The Hall–Kier alpha value is -2.71. The number of carboxylic acid groups (broad SMARTS) is 1. The molecular weight excluding hydrogens is 390 g/mol. The molecule has 0 fully saturated rings. The zero-order valence-corrected chi connectivity index (χ0v) is 16.3. The summed E-state index contributed by atoms with van der Waals surface area (Å²) in [6.07, 6.45) is 1.26. The Labute approximate surface area is 163 Å². The molecule has 1 unspecified atom stereocenters. The lowest BCUT2D eigenvalue weighted by Gasteiger charge is -2.15. The molecule has 0 radical (unpaired) electrons. The van der Waals surface area contributed by atoms with Crippen LogP contribution >= 0.6 is 22.9 Å². The third-order valence-electron chi connectivity index (χ3n) is 4.31. The molecule has 0 aliphatic rings. The van der Waals surface area contributed by atoms with Gasteiger partial charge in [-0.25, -0.2) is 9.78 Å². The molecule has 2 heterocycles. The summed E-state index contributed by atoms with van der Waals surface area (Å²) in [4.78, 5) is 41.2. The molecule has 0 saturated heterocycles. The van der Waals surface area contributed by atoms with Crippen LogP contribution in [0.3, 0.4) is 0 Å². The maximum absolute atomic E-state index is 12.8. The van der Waals surface area contributed by atoms with Crippen LogP contribution in [0.25, 0.3) is 10.2 Å². The van der Waals surface area contributed by atoms with E-state index in [1.54, 1.807) is 32.0 Å². The second-order valence-corrected chi connectivity index (χ2v) is 7.53. The van der Waals surface area contributed by atoms with E-state index in [9.17, 15) is 19.5 Å². The zero-order chi connectivity index (χ0) is 19.9. The van der Waals surface area contributed by atoms with Crippen LogP contribution in [0.15, 0.2) is 29.3 Å². The van der Waals surface area contributed by atoms with Crippen LogP contribution in [0.1, 0.15) is 33.8 Å². The third-order valence-corrected chi connectivity index (χ3v) is 5.90. The molecule has 3 aromatic rings. The number of carbonyl (C=O) groups excluding carboxylic acids is 1. The number of aryl methyl sites for hydroxylation is 2. The van der Waals surface area contributed by atoms with Crippen LogP contribution in [0, 0.1) is 13.8 Å². The van der Waals surface area contributed by atoms with Crippen LogP contribution in [-0.4, -0.2) is 26.5 Å². The van der Waals surface area contributed by atoms with Gasteiger partial charge in [-0.15, -0.1) is 11.3 Å². The molecule has 27 heavy (non-hydrogen) atoms. The topological polar surface area (TPSA) is 101 Å². The van der Waals surface area contributed by atoms with Gasteiger partial charge in [0.1, 0.15) is 15.7 Å². The number of nitrogens with one attached hydrogen (secondary N) is 1. The molecule has 0 spiro atoms. The Bertz CT molecular complexity index is 1140. The first-order valence-electron chi connectivity index (χ1n) is 8.01. The summed E-state index contributed by atoms with van der Waals surface area (Å²) in [5.41, 5.74) is 1.30. The standard InChI is InChI=1S/C18H16ClN3O4S/c1-8-4-5-11(6-12(8)19)21-15(23)10(3)22-7-20-16-13(17(22)24)9(2)14(27-16)18(25)26/h4-7,10H,1-3H3,(H,21,23)(H,25,26). The summed E-state index contributed by atoms with van der Waals surface area (Å²) in [5, 5.41) is 12.7. The summed E-state index contributed by atoms with van der Waals surface area (Å²) >= 11 is 7.01. The molecule has 2 aromatic heterocycles. The fraction of sp³-hybridized carbons (Fsp3) is 0.222. The summed E-state index contributed by atoms with van der Waals surface area (Å²) < 4.78 is 1.19. The monoisotopic (exact) mass is 405 g/mol. The molecule has 9 heteroatoms. The number of anilines is 1. The molecule has 1 atom stereocenters. The average Bonchev–Trinajstić information content (AvgIpc) is 2.95. The minimum absolute atomic E-state index is 0.0683. The number of benzene rings is 1. The van der Waals surface area contributed by atoms with Gasteiger partial charge in [-0.2, -0.15) is 0 Å². The van der Waals surface area contributed by atoms with Crippen LogP contribution in [0.4, 0.5) is 5.69 Å². The van der Waals surface area contributed by atoms with Crippen molar-refractivity contribution in [3.05, 3.63) is 55.9 Å². The first-order chi connectivity index (χ1) is 12.7. The van der Waals surface area contributed by atoms with E-state index < -0.39 is 23.5 Å². The van der Waals surface area contributed by atoms with E-state index in [0.29, 0.717) is 21.1 Å². The highest BCUT2D eigenvalue weighted by Crippen LogP contribution is 2.27. The molecule has 0 saturated carbocycles. The van der Waals surface area contributed by atoms with Gasteiger partial charge < -0.3 is 10.4 Å². The van der Waals surface area contributed by atoms with E-state index in [4.69, 9.17) is 11.6 Å². The zero-order valence-electron chi connectivity index (χ0n) is 14.7. The number of hydrogen-bond acceptors (Lipinski definition) is 5. The van der Waals surface area contributed by atoms with Gasteiger partial charge in [-0.3, -0.25) is 14.2 Å². The molecule has 3 rings (SSSR count). The summed E-state index contributed by atoms with van der Waals surface area (Å²) in [7, 11) is 0. The quantitative estimate of drug-likeness (QED) is 0.690. The van der Waals surface area contributed by atoms with E-state index in [-0.39, 0.29) is 10.3 Å². The van der Waals surface area contributed by atoms with Crippen molar-refractivity contribution in [3.8, 4) is 0 Å². The van der Waals surface area contributed by atoms with Crippen molar-refractivity contribution in [1.82, 2.24) is 9.55 Å². The molecule has 0 aliphatic heterocycles. The number of thiophene rings is 1. The first-order valence-corrected chi connectivity index (χ1v) is 9.20. The smallest absolute Gasteiger partial charge is 0.346 e. The van der Waals surface area contributed by atoms with Crippen LogP contribution < -0.4 is 10.9 Å². The number of aromatic nitrogens is 2. The van der Waals surface area contributed by atoms with Crippen molar-refractivity contribution in [2.45, 2.75) is 26.8 Å². The number of hydrogen-bond donors (Lipinski definition) is 2. The Kier molecular flexibility index (Phi) is 5.03. The lowest BCUT2D eigenvalue weighted by Crippen LogP contribution is -2.31. The third kappa shape index (κ3) is 3.45. The molecule has 1 aromatic carbocycles. The van der Waals surface area contributed by atoms with Gasteiger partial charge >= 0.3 is 5.97 Å². The largest absolute Gasteiger partial charge is 0.477 e. The number of aromatic carboxylic acids is 1. The van der Waals surface area contributed by atoms with Crippen molar-refractivity contribution >= 4 is 50.7 Å². The Balaban J connectivity index is 1.96. The molecular formula is C18H16ClN3O4S. The van der Waals surface area contributed by atoms with Gasteiger partial charge in [-0.05, 0) is 44.0 Å². The average molecular weight is 406 g/mol. The molecule has 2 N–H and O–H groups in total. The fourth-order valence-electron chi connectivity index (χ4n) is 2.66. The van der Waals surface area contributed by atoms with Gasteiger partial charge in [0.15, 0.2) is 0 Å². The van der Waals surface area contributed by atoms with E-state index in [1.807, 2.05) is 6.92 Å². The lowest BCUT2D eigenvalue weighted by atomic mass is 10.2. The normalized spacial score (nSPS) is 12.1. The number of rotatable bonds is 4. The van der Waals surface area contributed by atoms with Gasteiger partial charge in [0.25, 0.3) is 5.56 Å². The maximum Gasteiger partial charge on any atom is 0.346 e. The minimum Gasteiger partial charge on any atom is -0.477 e. The van der Waals surface area contributed by atoms with Gasteiger partial charge in [-0.1, -0.05) is 17.7 Å². The molecule has 7 nitrogen and oxygen atoms in total. The van der Waals surface area contributed by atoms with Gasteiger partial charge in [0.05, 0.1) is 11.7 Å². The first kappa shape index (κ1) is 19.1. The highest BCUT2D eigenvalue weighted by Gasteiger charge is 2.22. The van der Waals surface area contributed by atoms with Crippen molar-refractivity contribution in [2.75, 3.05) is 5.32 Å². The van der Waals surface area contributed by atoms with Crippen LogP contribution in [0.5, 0.6) is 0 Å². The van der Waals surface area contributed by atoms with Crippen LogP contribution in [0.2, 0.25) is 5.02 Å². The Morgan fingerprint density at radius 1 is 1.33 bits per heavy atom. The minimum atomic E-state index is -1.11. The van der Waals surface area contributed by atoms with E-state index in [0.717, 1.165) is 16.9 Å². The van der Waals surface area contributed by atoms with E-state index in [1.165, 1.54) is 10.9 Å². The number of amides is 1. The summed E-state index contributed by atoms with van der Waals surface area (Å²) in [6, 6.07) is 4.29. The number of fused-ring (bicyclic) bond motifs is 1. The van der Waals surface area contributed by atoms with Crippen molar-refractivity contribution in [1.29, 1.82) is 0 Å². The van der Waals surface area contributed by atoms with Crippen molar-refractivity contribution in [3.63, 3.8) is 0 Å². The fourth-order valence-corrected chi connectivity index (χ4v) is 3.82. The number of nitrogens with zero attached hydrogens (tertiary/aromatic N) is 2. The predicted molar refractivity (Wildman–Crippen MR) is 105 cm³/mol. The van der Waals surface area contributed by atoms with Crippen molar-refractivity contribution < 1.29 is 14.7 Å². The Morgan fingerprint density at radius 3 is 2.67 bits per heavy atom. The van der Waals surface area contributed by atoms with E-state index in [2.05, 4.69) is 10.3 Å². The second kappa shape index (κ2) is 7.13. The van der Waals surface area contributed by atoms with E-state index >= 15 is 0 Å². The Morgan fingerprint density at radius 2 is 2.04 bits per heavy atom. The SMILES string of the molecule is Cc1ccc(NC(=O)C(C)n2cnc3sc(C(=O)O)c(C)c3c2=O)cc1Cl.